The lowest BCUT2D eigenvalue weighted by molar-refractivity contribution is 1.17. The van der Waals surface area contributed by atoms with Crippen molar-refractivity contribution in [1.29, 1.82) is 0 Å². The van der Waals surface area contributed by atoms with Crippen molar-refractivity contribution in [3.63, 3.8) is 0 Å². The van der Waals surface area contributed by atoms with Gasteiger partial charge in [-0.2, -0.15) is 0 Å². The van der Waals surface area contributed by atoms with Gasteiger partial charge in [0, 0.05) is 92.7 Å². The second kappa shape index (κ2) is 27.7. The first kappa shape index (κ1) is 75.1. The smallest absolute Gasteiger partial charge is 0.146 e. The van der Waals surface area contributed by atoms with Gasteiger partial charge in [-0.15, -0.1) is 0 Å². The zero-order chi connectivity index (χ0) is 90.7. The number of benzene rings is 12. The van der Waals surface area contributed by atoms with Gasteiger partial charge in [0.2, 0.25) is 0 Å². The van der Waals surface area contributed by atoms with Crippen LogP contribution < -0.4 is 0 Å². The molecule has 0 aliphatic heterocycles. The molecule has 0 spiro atoms. The van der Waals surface area contributed by atoms with Crippen LogP contribution in [0.4, 0.5) is 0 Å². The van der Waals surface area contributed by atoms with E-state index in [0.29, 0.717) is 0 Å². The van der Waals surface area contributed by atoms with Crippen LogP contribution >= 0.6 is 0 Å². The average molecular weight is 1790 g/mol. The van der Waals surface area contributed by atoms with Crippen LogP contribution in [-0.4, -0.2) is 77.4 Å². The van der Waals surface area contributed by atoms with E-state index in [1.165, 1.54) is 221 Å². The maximum Gasteiger partial charge on any atom is 0.146 e. The molecule has 16 nitrogen and oxygen atoms in total. The molecule has 0 saturated carbocycles. The fourth-order valence-corrected chi connectivity index (χ4v) is 26.2. The first-order valence-corrected chi connectivity index (χ1v) is 48.2. The number of hydrogen-bond donors (Lipinski definition) is 0. The molecule has 36 rings (SSSR count). The summed E-state index contributed by atoms with van der Waals surface area (Å²) < 4.78 is 8.98. The molecule has 16 heteroatoms. The molecule has 16 heterocycles. The fourth-order valence-electron chi connectivity index (χ4n) is 26.2. The SMILES string of the molecule is c1ccc2c(c1)Cc1c-2ccc2c1-c1ccc3c4ncccc4n4c5cnccc5nc4c3c1C2.c1ccc2c(c1)Cc1c-2ccc2c1Cc1c-2ccc2c3ncccc3n3c4cnccc4nc3c12.c1ccc2c(c1)Cc1cc3c(cc1-2)-c1ccc2c4ncccc4n4c5cnccc5nc4c2c1C3.c1ccc2c(c1)Cc1ccc3c(c1-2)-c1ccc2c4ncccc4n4c5cnccc5nc4c2c1C3. The molecule has 648 valence electrons. The van der Waals surface area contributed by atoms with E-state index in [4.69, 9.17) is 39.9 Å². The summed E-state index contributed by atoms with van der Waals surface area (Å²) in [6.07, 6.45) is 30.2. The number of nitrogens with zero attached hydrogens (tertiary/aromatic N) is 16. The maximum absolute atomic E-state index is 5.14. The van der Waals surface area contributed by atoms with Crippen LogP contribution in [0.1, 0.15) is 89.0 Å². The Bertz CT molecular complexity index is 10700. The third-order valence-corrected chi connectivity index (χ3v) is 31.9. The Hall–Kier alpha value is -18.3. The van der Waals surface area contributed by atoms with Gasteiger partial charge < -0.3 is 0 Å². The van der Waals surface area contributed by atoms with Crippen LogP contribution in [0.25, 0.3) is 243 Å². The van der Waals surface area contributed by atoms with Crippen molar-refractivity contribution >= 4 is 154 Å². The highest BCUT2D eigenvalue weighted by Gasteiger charge is 2.37. The fraction of sp³-hybridized carbons (Fsp3) is 0.0645. The van der Waals surface area contributed by atoms with Crippen LogP contribution in [0.3, 0.4) is 0 Å². The van der Waals surface area contributed by atoms with Gasteiger partial charge in [-0.1, -0.05) is 188 Å². The van der Waals surface area contributed by atoms with Crippen molar-refractivity contribution in [2.24, 2.45) is 0 Å². The van der Waals surface area contributed by atoms with E-state index in [0.717, 1.165) is 162 Å². The summed E-state index contributed by atoms with van der Waals surface area (Å²) in [5.74, 6) is 0. The number of hydrogen-bond acceptors (Lipinski definition) is 12. The lowest BCUT2D eigenvalue weighted by Crippen LogP contribution is -1.96. The van der Waals surface area contributed by atoms with E-state index in [-0.39, 0.29) is 0 Å². The van der Waals surface area contributed by atoms with Crippen molar-refractivity contribution in [2.45, 2.75) is 51.4 Å². The number of aromatic nitrogens is 16. The molecular weight excluding hydrogens is 1710 g/mol. The third-order valence-electron chi connectivity index (χ3n) is 31.9. The van der Waals surface area contributed by atoms with E-state index >= 15 is 0 Å². The van der Waals surface area contributed by atoms with E-state index in [1.54, 1.807) is 0 Å². The molecular formula is C124H72N16. The summed E-state index contributed by atoms with van der Waals surface area (Å²) in [6, 6.07) is 97.0. The first-order chi connectivity index (χ1) is 69.4. The Labute approximate surface area is 796 Å². The molecule has 0 N–H and O–H groups in total. The summed E-state index contributed by atoms with van der Waals surface area (Å²) in [4.78, 5) is 57.5. The van der Waals surface area contributed by atoms with Gasteiger partial charge in [-0.05, 0) is 308 Å². The van der Waals surface area contributed by atoms with Crippen LogP contribution in [0.15, 0.2) is 341 Å². The summed E-state index contributed by atoms with van der Waals surface area (Å²) in [6.45, 7) is 0. The minimum Gasteiger partial charge on any atom is -0.289 e. The van der Waals surface area contributed by atoms with Crippen molar-refractivity contribution in [3.05, 3.63) is 430 Å². The molecule has 28 aromatic rings. The van der Waals surface area contributed by atoms with Crippen LogP contribution in [-0.2, 0) is 51.4 Å². The highest BCUT2D eigenvalue weighted by Crippen LogP contribution is 2.57. The summed E-state index contributed by atoms with van der Waals surface area (Å²) in [7, 11) is 0. The van der Waals surface area contributed by atoms with Gasteiger partial charge in [0.25, 0.3) is 0 Å². The van der Waals surface area contributed by atoms with E-state index < -0.39 is 0 Å². The van der Waals surface area contributed by atoms with E-state index in [2.05, 4.69) is 256 Å². The lowest BCUT2D eigenvalue weighted by atomic mass is 9.93. The monoisotopic (exact) mass is 1780 g/mol. The molecule has 8 aliphatic carbocycles. The summed E-state index contributed by atoms with van der Waals surface area (Å²) >= 11 is 0. The molecule has 0 unspecified atom stereocenters. The van der Waals surface area contributed by atoms with Gasteiger partial charge in [0.1, 0.15) is 22.6 Å². The molecule has 140 heavy (non-hydrogen) atoms. The van der Waals surface area contributed by atoms with Crippen molar-refractivity contribution < 1.29 is 0 Å². The van der Waals surface area contributed by atoms with Crippen LogP contribution in [0, 0.1) is 0 Å². The Balaban J connectivity index is 0.0000000829. The highest BCUT2D eigenvalue weighted by molar-refractivity contribution is 6.21. The van der Waals surface area contributed by atoms with Gasteiger partial charge in [0.15, 0.2) is 0 Å². The zero-order valence-electron chi connectivity index (χ0n) is 75.1. The molecule has 0 radical (unpaired) electrons. The van der Waals surface area contributed by atoms with Gasteiger partial charge >= 0.3 is 0 Å². The van der Waals surface area contributed by atoms with E-state index in [1.807, 2.05) is 123 Å². The topological polar surface area (TPSA) is 172 Å². The Morgan fingerprint density at radius 1 is 0.179 bits per heavy atom. The number of pyridine rings is 12. The minimum absolute atomic E-state index is 0.910. The predicted octanol–water partition coefficient (Wildman–Crippen LogP) is 26.9. The van der Waals surface area contributed by atoms with Crippen LogP contribution in [0.2, 0.25) is 0 Å². The number of rotatable bonds is 0. The molecule has 0 atom stereocenters. The van der Waals surface area contributed by atoms with Crippen LogP contribution in [0.5, 0.6) is 0 Å². The summed E-state index contributed by atoms with van der Waals surface area (Å²) in [5, 5.41) is 9.52. The minimum atomic E-state index is 0.910. The average Bonchev–Trinajstić information content (AvgIpc) is 1.55. The molecule has 0 saturated heterocycles. The molecule has 0 amide bonds. The van der Waals surface area contributed by atoms with Crippen molar-refractivity contribution in [1.82, 2.24) is 77.4 Å². The third kappa shape index (κ3) is 10.1. The normalized spacial score (nSPS) is 13.5. The maximum atomic E-state index is 5.14. The zero-order valence-corrected chi connectivity index (χ0v) is 75.1. The Morgan fingerprint density at radius 3 is 0.950 bits per heavy atom. The quantitative estimate of drug-likeness (QED) is 0.132. The van der Waals surface area contributed by atoms with Gasteiger partial charge in [-0.25, -0.2) is 19.9 Å². The Morgan fingerprint density at radius 2 is 0.471 bits per heavy atom. The van der Waals surface area contributed by atoms with Gasteiger partial charge in [0.05, 0.1) is 113 Å². The van der Waals surface area contributed by atoms with Crippen molar-refractivity contribution in [2.75, 3.05) is 0 Å². The highest BCUT2D eigenvalue weighted by atomic mass is 15.1. The first-order valence-electron chi connectivity index (χ1n) is 48.2. The second-order valence-corrected chi connectivity index (χ2v) is 38.7. The molecule has 8 aliphatic rings. The van der Waals surface area contributed by atoms with Crippen molar-refractivity contribution in [3.8, 4) is 89.0 Å². The molecule has 12 aromatic carbocycles. The molecule has 0 bridgehead atoms. The van der Waals surface area contributed by atoms with E-state index in [9.17, 15) is 0 Å². The lowest BCUT2D eigenvalue weighted by Gasteiger charge is -2.13. The van der Waals surface area contributed by atoms with Gasteiger partial charge in [-0.3, -0.25) is 57.5 Å². The molecule has 0 fully saturated rings. The second-order valence-electron chi connectivity index (χ2n) is 38.7. The Kier molecular flexibility index (Phi) is 14.9. The summed E-state index contributed by atoms with van der Waals surface area (Å²) in [5.41, 5.74) is 64.9. The number of fused-ring (bicyclic) bond motifs is 63. The standard InChI is InChI=1S/4C31H18N4/c1-2-5-19-17(4-1)14-23-20(19)8-7-18-15-24-21(28(18)23)9-10-22-29(24)31-34-25-11-13-32-16-27(25)35(31)26-6-3-12-33-30(22)26;1-2-5-20-17(4-1)14-18-7-8-19-15-23-21(28(19)27(18)20)9-10-22-29(23)31-34-24-11-13-32-16-26(24)35(31)25-6-3-12-33-30(22)25;1-2-5-18-17(4-1)14-23-19(18)7-8-20-21-9-10-22-29(25(21)15-24(20)23)31-34-26-11-13-32-16-28(26)35(31)27-6-3-12-33-30(22)27;1-2-5-20-17(4-1)12-18-13-19-14-25-21(24(19)15-23(18)20)7-8-22-29(25)31-34-26-9-11-32-16-28(26)35(31)27-6-3-10-33-30(22)27/h3*1-13,16H,14-15H2;1-11,13,15-16H,12,14H2. The predicted molar refractivity (Wildman–Crippen MR) is 559 cm³/mol. The molecule has 16 aromatic heterocycles. The number of imidazole rings is 4. The largest absolute Gasteiger partial charge is 0.289 e.